The number of nitrogens with zero attached hydrogens (tertiary/aromatic N) is 1. The van der Waals surface area contributed by atoms with Gasteiger partial charge in [0.25, 0.3) is 0 Å². The van der Waals surface area contributed by atoms with Crippen molar-refractivity contribution in [2.24, 2.45) is 11.3 Å². The maximum absolute atomic E-state index is 3.79. The highest BCUT2D eigenvalue weighted by molar-refractivity contribution is 7.99. The zero-order valence-electron chi connectivity index (χ0n) is 13.8. The second-order valence-electron chi connectivity index (χ2n) is 7.30. The second-order valence-corrected chi connectivity index (χ2v) is 8.70. The van der Waals surface area contributed by atoms with Crippen molar-refractivity contribution in [2.45, 2.75) is 60.0 Å². The fourth-order valence-electron chi connectivity index (χ4n) is 2.81. The maximum Gasteiger partial charge on any atom is 0.0244 e. The molecular weight excluding hydrogens is 252 g/mol. The van der Waals surface area contributed by atoms with Crippen molar-refractivity contribution < 1.29 is 0 Å². The minimum absolute atomic E-state index is 0.360. The number of hydrogen-bond donors (Lipinski definition) is 1. The molecule has 0 spiro atoms. The third-order valence-electron chi connectivity index (χ3n) is 4.05. The van der Waals surface area contributed by atoms with E-state index in [1.807, 2.05) is 0 Å². The molecule has 1 N–H and O–H groups in total. The molecule has 1 saturated heterocycles. The van der Waals surface area contributed by atoms with Crippen LogP contribution in [0.4, 0.5) is 0 Å². The van der Waals surface area contributed by atoms with Gasteiger partial charge in [-0.15, -0.1) is 0 Å². The van der Waals surface area contributed by atoms with Gasteiger partial charge in [0.05, 0.1) is 0 Å². The molecule has 2 atom stereocenters. The number of thioether (sulfide) groups is 1. The van der Waals surface area contributed by atoms with E-state index in [1.165, 1.54) is 31.0 Å². The van der Waals surface area contributed by atoms with E-state index in [2.05, 4.69) is 63.5 Å². The van der Waals surface area contributed by atoms with Crippen molar-refractivity contribution in [3.8, 4) is 0 Å². The van der Waals surface area contributed by atoms with Gasteiger partial charge in [-0.3, -0.25) is 4.90 Å². The van der Waals surface area contributed by atoms with E-state index in [9.17, 15) is 0 Å². The summed E-state index contributed by atoms with van der Waals surface area (Å²) in [7, 11) is 0. The molecule has 0 radical (unpaired) electrons. The molecule has 1 fully saturated rings. The summed E-state index contributed by atoms with van der Waals surface area (Å²) in [4.78, 5) is 2.75. The van der Waals surface area contributed by atoms with Gasteiger partial charge in [-0.25, -0.2) is 0 Å². The van der Waals surface area contributed by atoms with Gasteiger partial charge in [0.15, 0.2) is 0 Å². The molecule has 1 heterocycles. The van der Waals surface area contributed by atoms with Crippen LogP contribution in [0.3, 0.4) is 0 Å². The molecule has 0 aromatic rings. The molecule has 0 amide bonds. The largest absolute Gasteiger partial charge is 0.311 e. The molecule has 0 aromatic carbocycles. The summed E-state index contributed by atoms with van der Waals surface area (Å²) < 4.78 is 0. The van der Waals surface area contributed by atoms with Crippen LogP contribution in [0.2, 0.25) is 0 Å². The van der Waals surface area contributed by atoms with E-state index in [4.69, 9.17) is 0 Å². The van der Waals surface area contributed by atoms with E-state index in [1.54, 1.807) is 0 Å². The fourth-order valence-corrected chi connectivity index (χ4v) is 3.46. The Morgan fingerprint density at radius 1 is 1.32 bits per heavy atom. The maximum atomic E-state index is 3.79. The van der Waals surface area contributed by atoms with Crippen LogP contribution in [0.25, 0.3) is 0 Å². The highest BCUT2D eigenvalue weighted by Crippen LogP contribution is 2.25. The lowest BCUT2D eigenvalue weighted by Crippen LogP contribution is -2.60. The Balaban J connectivity index is 2.57. The quantitative estimate of drug-likeness (QED) is 0.753. The minimum atomic E-state index is 0.360. The molecule has 114 valence electrons. The van der Waals surface area contributed by atoms with Crippen LogP contribution >= 0.6 is 11.8 Å². The summed E-state index contributed by atoms with van der Waals surface area (Å²) in [6.07, 6.45) is 1.32. The summed E-state index contributed by atoms with van der Waals surface area (Å²) in [6.45, 7) is 17.6. The van der Waals surface area contributed by atoms with Crippen LogP contribution in [0, 0.1) is 11.3 Å². The van der Waals surface area contributed by atoms with E-state index in [0.717, 1.165) is 18.5 Å². The van der Waals surface area contributed by atoms with Crippen LogP contribution in [-0.4, -0.2) is 48.1 Å². The van der Waals surface area contributed by atoms with Crippen LogP contribution in [0.15, 0.2) is 0 Å². The van der Waals surface area contributed by atoms with Crippen LogP contribution in [0.5, 0.6) is 0 Å². The number of hydrogen-bond acceptors (Lipinski definition) is 3. The number of piperazine rings is 1. The van der Waals surface area contributed by atoms with Crippen LogP contribution in [-0.2, 0) is 0 Å². The summed E-state index contributed by atoms with van der Waals surface area (Å²) in [6, 6.07) is 1.36. The lowest BCUT2D eigenvalue weighted by atomic mass is 9.84. The summed E-state index contributed by atoms with van der Waals surface area (Å²) in [5.74, 6) is 3.31. The summed E-state index contributed by atoms with van der Waals surface area (Å²) in [5.41, 5.74) is 0.360. The minimum Gasteiger partial charge on any atom is -0.311 e. The predicted octanol–water partition coefficient (Wildman–Crippen LogP) is 3.47. The van der Waals surface area contributed by atoms with Gasteiger partial charge < -0.3 is 5.32 Å². The Labute approximate surface area is 125 Å². The molecule has 1 aliphatic heterocycles. The third-order valence-corrected chi connectivity index (χ3v) is 4.93. The smallest absolute Gasteiger partial charge is 0.0244 e. The average Bonchev–Trinajstić information content (AvgIpc) is 2.29. The summed E-state index contributed by atoms with van der Waals surface area (Å²) in [5, 5.41) is 3.79. The molecule has 2 nitrogen and oxygen atoms in total. The van der Waals surface area contributed by atoms with Gasteiger partial charge in [0, 0.05) is 37.5 Å². The van der Waals surface area contributed by atoms with Crippen molar-refractivity contribution in [3.05, 3.63) is 0 Å². The van der Waals surface area contributed by atoms with Crippen LogP contribution < -0.4 is 5.32 Å². The molecule has 0 aromatic heterocycles. The van der Waals surface area contributed by atoms with E-state index in [0.29, 0.717) is 11.5 Å². The molecule has 2 unspecified atom stereocenters. The first kappa shape index (κ1) is 17.3. The molecule has 19 heavy (non-hydrogen) atoms. The monoisotopic (exact) mass is 286 g/mol. The molecule has 1 aliphatic rings. The van der Waals surface area contributed by atoms with E-state index >= 15 is 0 Å². The van der Waals surface area contributed by atoms with Crippen molar-refractivity contribution in [1.29, 1.82) is 0 Å². The van der Waals surface area contributed by atoms with Crippen molar-refractivity contribution in [2.75, 3.05) is 31.1 Å². The number of rotatable bonds is 6. The highest BCUT2D eigenvalue weighted by Gasteiger charge is 2.33. The van der Waals surface area contributed by atoms with E-state index in [-0.39, 0.29) is 0 Å². The average molecular weight is 287 g/mol. The standard InChI is InChI=1S/C16H34N2S/c1-7-19-9-8-18-12-15(16(4,5)6)17-11-14(18)10-13(2)3/h13-15,17H,7-12H2,1-6H3. The molecule has 1 rings (SSSR count). The first-order chi connectivity index (χ1) is 8.84. The van der Waals surface area contributed by atoms with Crippen molar-refractivity contribution in [3.63, 3.8) is 0 Å². The Morgan fingerprint density at radius 3 is 2.53 bits per heavy atom. The topological polar surface area (TPSA) is 15.3 Å². The fraction of sp³-hybridized carbons (Fsp3) is 1.00. The molecule has 0 saturated carbocycles. The zero-order valence-corrected chi connectivity index (χ0v) is 14.6. The normalized spacial score (nSPS) is 26.1. The van der Waals surface area contributed by atoms with E-state index < -0.39 is 0 Å². The SMILES string of the molecule is CCSCCN1CC(C(C)(C)C)NCC1CC(C)C. The zero-order chi connectivity index (χ0) is 14.5. The lowest BCUT2D eigenvalue weighted by Gasteiger charge is -2.45. The molecule has 3 heteroatoms. The van der Waals surface area contributed by atoms with Crippen LogP contribution in [0.1, 0.15) is 48.0 Å². The Hall–Kier alpha value is 0.270. The van der Waals surface area contributed by atoms with Gasteiger partial charge in [-0.05, 0) is 23.5 Å². The predicted molar refractivity (Wildman–Crippen MR) is 89.1 cm³/mol. The van der Waals surface area contributed by atoms with Crippen molar-refractivity contribution in [1.82, 2.24) is 10.2 Å². The van der Waals surface area contributed by atoms with Gasteiger partial charge in [-0.2, -0.15) is 11.8 Å². The van der Waals surface area contributed by atoms with Gasteiger partial charge >= 0.3 is 0 Å². The Bertz CT molecular complexity index is 248. The molecular formula is C16H34N2S. The third kappa shape index (κ3) is 6.05. The van der Waals surface area contributed by atoms with Gasteiger partial charge in [0.2, 0.25) is 0 Å². The molecule has 0 bridgehead atoms. The second kappa shape index (κ2) is 7.90. The number of nitrogens with one attached hydrogen (secondary N) is 1. The first-order valence-corrected chi connectivity index (χ1v) is 9.05. The highest BCUT2D eigenvalue weighted by atomic mass is 32.2. The Morgan fingerprint density at radius 2 is 2.00 bits per heavy atom. The lowest BCUT2D eigenvalue weighted by molar-refractivity contribution is 0.0807. The van der Waals surface area contributed by atoms with Gasteiger partial charge in [-0.1, -0.05) is 41.5 Å². The van der Waals surface area contributed by atoms with Crippen molar-refractivity contribution >= 4 is 11.8 Å². The summed E-state index contributed by atoms with van der Waals surface area (Å²) >= 11 is 2.07. The molecule has 0 aliphatic carbocycles. The first-order valence-electron chi connectivity index (χ1n) is 7.89. The Kier molecular flexibility index (Phi) is 7.20. The van der Waals surface area contributed by atoms with Gasteiger partial charge in [0.1, 0.15) is 0 Å².